The Balaban J connectivity index is 2.98. The second kappa shape index (κ2) is 5.01. The molecule has 1 rings (SSSR count). The van der Waals surface area contributed by atoms with Crippen LogP contribution in [-0.2, 0) is 4.74 Å². The van der Waals surface area contributed by atoms with Crippen LogP contribution in [0.25, 0.3) is 0 Å². The third-order valence-electron chi connectivity index (χ3n) is 2.24. The van der Waals surface area contributed by atoms with E-state index in [4.69, 9.17) is 4.74 Å². The van der Waals surface area contributed by atoms with Crippen LogP contribution in [0.2, 0.25) is 14.8 Å². The molecule has 0 bridgehead atoms. The van der Waals surface area contributed by atoms with Crippen LogP contribution < -0.4 is 3.58 Å². The van der Waals surface area contributed by atoms with Gasteiger partial charge in [0.1, 0.15) is 0 Å². The van der Waals surface area contributed by atoms with Crippen molar-refractivity contribution in [2.45, 2.75) is 21.7 Å². The van der Waals surface area contributed by atoms with Crippen molar-refractivity contribution in [3.8, 4) is 0 Å². The Bertz CT molecular complexity index is 353. The number of benzene rings is 1. The Morgan fingerprint density at radius 2 is 2.00 bits per heavy atom. The van der Waals surface area contributed by atoms with Gasteiger partial charge in [-0.15, -0.1) is 0 Å². The van der Waals surface area contributed by atoms with E-state index in [2.05, 4.69) is 20.9 Å². The maximum atomic E-state index is 11.5. The molecule has 0 heterocycles. The average Bonchev–Trinajstić information content (AvgIpc) is 2.17. The molecule has 82 valence electrons. The van der Waals surface area contributed by atoms with Crippen LogP contribution in [0.15, 0.2) is 24.3 Å². The average molecular weight is 313 g/mol. The first-order valence-corrected chi connectivity index (χ1v) is 15.2. The van der Waals surface area contributed by atoms with Crippen molar-refractivity contribution in [1.29, 1.82) is 0 Å². The second-order valence-corrected chi connectivity index (χ2v) is 19.0. The van der Waals surface area contributed by atoms with E-state index in [1.54, 1.807) is 0 Å². The minimum atomic E-state index is -2.06. The molecule has 0 N–H and O–H groups in total. The van der Waals surface area contributed by atoms with Gasteiger partial charge in [0, 0.05) is 0 Å². The van der Waals surface area contributed by atoms with Gasteiger partial charge in [-0.2, -0.15) is 0 Å². The molecular weight excluding hydrogens is 295 g/mol. The quantitative estimate of drug-likeness (QED) is 0.633. The minimum absolute atomic E-state index is 0.213. The number of ether oxygens (including phenoxy) is 1. The molecule has 0 aliphatic heterocycles. The first-order valence-electron chi connectivity index (χ1n) is 5.23. The molecule has 1 aromatic rings. The Hall–Kier alpha value is -0.511. The number of hydrogen-bond acceptors (Lipinski definition) is 2. The Morgan fingerprint density at radius 3 is 2.53 bits per heavy atom. The zero-order chi connectivity index (χ0) is 11.5. The Morgan fingerprint density at radius 1 is 1.33 bits per heavy atom. The van der Waals surface area contributed by atoms with Crippen LogP contribution in [0.5, 0.6) is 0 Å². The molecule has 0 atom stereocenters. The Labute approximate surface area is 95.5 Å². The number of carbonyl (C=O) groups is 1. The molecule has 0 fully saturated rings. The summed E-state index contributed by atoms with van der Waals surface area (Å²) in [5, 5.41) is 0. The van der Waals surface area contributed by atoms with Gasteiger partial charge in [-0.05, 0) is 0 Å². The molecule has 0 saturated carbocycles. The number of rotatable bonds is 3. The summed E-state index contributed by atoms with van der Waals surface area (Å²) in [6.45, 7) is 2.26. The van der Waals surface area contributed by atoms with Crippen LogP contribution >= 0.6 is 0 Å². The van der Waals surface area contributed by atoms with Crippen molar-refractivity contribution in [3.63, 3.8) is 0 Å². The third kappa shape index (κ3) is 3.52. The summed E-state index contributed by atoms with van der Waals surface area (Å²) < 4.78 is 6.34. The fourth-order valence-corrected chi connectivity index (χ4v) is 4.71. The number of carbonyl (C=O) groups excluding carboxylic acids is 1. The second-order valence-electron chi connectivity index (χ2n) is 4.55. The molecule has 1 aromatic carbocycles. The molecule has 0 spiro atoms. The van der Waals surface area contributed by atoms with E-state index in [-0.39, 0.29) is 5.97 Å². The molecule has 15 heavy (non-hydrogen) atoms. The van der Waals surface area contributed by atoms with Crippen molar-refractivity contribution in [2.75, 3.05) is 6.61 Å². The molecule has 0 radical (unpaired) electrons. The van der Waals surface area contributed by atoms with Crippen LogP contribution in [0.4, 0.5) is 0 Å². The van der Waals surface area contributed by atoms with Gasteiger partial charge in [0.15, 0.2) is 0 Å². The van der Waals surface area contributed by atoms with Gasteiger partial charge < -0.3 is 0 Å². The summed E-state index contributed by atoms with van der Waals surface area (Å²) >= 11 is -2.06. The van der Waals surface area contributed by atoms with Gasteiger partial charge in [0.2, 0.25) is 0 Å². The molecular formula is C12H18O2Sn. The third-order valence-corrected chi connectivity index (χ3v) is 8.07. The first-order chi connectivity index (χ1) is 6.95. The molecule has 0 unspecified atom stereocenters. The van der Waals surface area contributed by atoms with Gasteiger partial charge >= 0.3 is 95.6 Å². The molecule has 0 amide bonds. The summed E-state index contributed by atoms with van der Waals surface area (Å²) in [6.07, 6.45) is 0. The van der Waals surface area contributed by atoms with Gasteiger partial charge in [0.25, 0.3) is 0 Å². The maximum absolute atomic E-state index is 11.5. The first kappa shape index (κ1) is 12.6. The van der Waals surface area contributed by atoms with E-state index in [1.165, 1.54) is 3.58 Å². The molecule has 0 aliphatic carbocycles. The van der Waals surface area contributed by atoms with E-state index in [1.807, 2.05) is 25.1 Å². The fraction of sp³-hybridized carbons (Fsp3) is 0.417. The van der Waals surface area contributed by atoms with Crippen LogP contribution in [0.3, 0.4) is 0 Å². The van der Waals surface area contributed by atoms with E-state index in [9.17, 15) is 4.79 Å². The standard InChI is InChI=1S/C9H9O2.3CH3.Sn/c1-2-11-9(10)8-6-4-3-5-7-8;;;;/h3-4,6-7H,2H2,1H3;3*1H3;. The van der Waals surface area contributed by atoms with E-state index >= 15 is 0 Å². The van der Waals surface area contributed by atoms with Gasteiger partial charge in [-0.3, -0.25) is 0 Å². The van der Waals surface area contributed by atoms with E-state index in [0.717, 1.165) is 0 Å². The predicted molar refractivity (Wildman–Crippen MR) is 65.4 cm³/mol. The summed E-state index contributed by atoms with van der Waals surface area (Å²) in [7, 11) is 0. The number of hydrogen-bond donors (Lipinski definition) is 0. The van der Waals surface area contributed by atoms with Crippen molar-refractivity contribution in [3.05, 3.63) is 29.8 Å². The van der Waals surface area contributed by atoms with Crippen LogP contribution in [0.1, 0.15) is 17.3 Å². The van der Waals surface area contributed by atoms with Crippen LogP contribution in [0, 0.1) is 0 Å². The molecule has 2 nitrogen and oxygen atoms in total. The topological polar surface area (TPSA) is 26.3 Å². The van der Waals surface area contributed by atoms with Gasteiger partial charge in [0.05, 0.1) is 0 Å². The fourth-order valence-electron chi connectivity index (χ4n) is 1.33. The van der Waals surface area contributed by atoms with Crippen molar-refractivity contribution < 1.29 is 9.53 Å². The Kier molecular flexibility index (Phi) is 4.20. The van der Waals surface area contributed by atoms with Crippen molar-refractivity contribution in [1.82, 2.24) is 0 Å². The molecule has 0 saturated heterocycles. The monoisotopic (exact) mass is 314 g/mol. The SMILES string of the molecule is CCOC(=O)c1ccc[c]([Sn]([CH3])([CH3])[CH3])c1. The zero-order valence-corrected chi connectivity index (χ0v) is 12.7. The van der Waals surface area contributed by atoms with Crippen molar-refractivity contribution >= 4 is 27.9 Å². The van der Waals surface area contributed by atoms with E-state index in [0.29, 0.717) is 12.2 Å². The van der Waals surface area contributed by atoms with Crippen LogP contribution in [-0.4, -0.2) is 31.0 Å². The predicted octanol–water partition coefficient (Wildman–Crippen LogP) is 2.41. The van der Waals surface area contributed by atoms with Gasteiger partial charge in [-0.1, -0.05) is 0 Å². The number of esters is 1. The molecule has 0 aliphatic rings. The van der Waals surface area contributed by atoms with Crippen molar-refractivity contribution in [2.24, 2.45) is 0 Å². The zero-order valence-electron chi connectivity index (χ0n) is 9.83. The summed E-state index contributed by atoms with van der Waals surface area (Å²) in [4.78, 5) is 18.5. The summed E-state index contributed by atoms with van der Waals surface area (Å²) in [5.74, 6) is -0.213. The summed E-state index contributed by atoms with van der Waals surface area (Å²) in [6, 6.07) is 7.88. The van der Waals surface area contributed by atoms with E-state index < -0.39 is 18.4 Å². The van der Waals surface area contributed by atoms with Gasteiger partial charge in [-0.25, -0.2) is 0 Å². The normalized spacial score (nSPS) is 11.2. The molecule has 0 aromatic heterocycles. The molecule has 3 heteroatoms. The summed E-state index contributed by atoms with van der Waals surface area (Å²) in [5.41, 5.74) is 0.681.